The second kappa shape index (κ2) is 4.40. The number of hydrogen-bond donors (Lipinski definition) is 2. The molecule has 0 radical (unpaired) electrons. The number of carbonyl (C=O) groups is 1. The molecule has 0 saturated carbocycles. The van der Waals surface area contributed by atoms with Crippen molar-refractivity contribution in [1.82, 2.24) is 10.6 Å². The summed E-state index contributed by atoms with van der Waals surface area (Å²) in [7, 11) is 0. The number of halogens is 2. The van der Waals surface area contributed by atoms with E-state index in [1.54, 1.807) is 11.8 Å². The molecule has 0 bridgehead atoms. The highest BCUT2D eigenvalue weighted by molar-refractivity contribution is 8.00. The van der Waals surface area contributed by atoms with Crippen molar-refractivity contribution in [3.8, 4) is 0 Å². The van der Waals surface area contributed by atoms with E-state index >= 15 is 0 Å². The number of alkyl halides is 2. The van der Waals surface area contributed by atoms with Crippen LogP contribution in [0.3, 0.4) is 0 Å². The molecule has 0 aliphatic carbocycles. The fraction of sp³-hybridized carbons (Fsp3) is 0.800. The van der Waals surface area contributed by atoms with Gasteiger partial charge in [-0.15, -0.1) is 11.8 Å². The molecule has 1 unspecified atom stereocenters. The summed E-state index contributed by atoms with van der Waals surface area (Å²) >= 11 is 12.3. The van der Waals surface area contributed by atoms with Crippen LogP contribution in [0.5, 0.6) is 0 Å². The van der Waals surface area contributed by atoms with E-state index < -0.39 is 4.84 Å². The molecule has 64 valence electrons. The minimum absolute atomic E-state index is 0.0255. The van der Waals surface area contributed by atoms with Gasteiger partial charge in [-0.1, -0.05) is 23.2 Å². The van der Waals surface area contributed by atoms with Crippen molar-refractivity contribution in [2.45, 2.75) is 10.3 Å². The van der Waals surface area contributed by atoms with Gasteiger partial charge in [-0.25, -0.2) is 0 Å². The normalized spacial score (nSPS) is 24.1. The first-order chi connectivity index (χ1) is 5.20. The molecule has 11 heavy (non-hydrogen) atoms. The summed E-state index contributed by atoms with van der Waals surface area (Å²) in [6.45, 7) is 0.908. The van der Waals surface area contributed by atoms with E-state index in [0.29, 0.717) is 0 Å². The lowest BCUT2D eigenvalue weighted by atomic mass is 10.7. The molecular weight excluding hydrogens is 207 g/mol. The summed E-state index contributed by atoms with van der Waals surface area (Å²) in [5.41, 5.74) is -0.0255. The lowest BCUT2D eigenvalue weighted by Gasteiger charge is -2.11. The zero-order valence-electron chi connectivity index (χ0n) is 5.64. The topological polar surface area (TPSA) is 41.1 Å². The maximum atomic E-state index is 10.9. The van der Waals surface area contributed by atoms with Crippen LogP contribution in [0.1, 0.15) is 0 Å². The van der Waals surface area contributed by atoms with Crippen molar-refractivity contribution >= 4 is 40.9 Å². The van der Waals surface area contributed by atoms with Crippen LogP contribution < -0.4 is 10.6 Å². The van der Waals surface area contributed by atoms with Gasteiger partial charge in [-0.3, -0.25) is 10.1 Å². The first kappa shape index (κ1) is 9.45. The minimum Gasteiger partial charge on any atom is -0.329 e. The van der Waals surface area contributed by atoms with Crippen molar-refractivity contribution in [3.63, 3.8) is 0 Å². The molecule has 0 aromatic carbocycles. The zero-order valence-corrected chi connectivity index (χ0v) is 7.97. The van der Waals surface area contributed by atoms with Crippen molar-refractivity contribution in [2.24, 2.45) is 0 Å². The van der Waals surface area contributed by atoms with E-state index in [4.69, 9.17) is 23.2 Å². The largest absolute Gasteiger partial charge is 0.329 e. The Bertz CT molecular complexity index is 149. The highest BCUT2D eigenvalue weighted by Gasteiger charge is 2.19. The summed E-state index contributed by atoms with van der Waals surface area (Å²) in [5, 5.41) is 5.68. The van der Waals surface area contributed by atoms with E-state index in [1.165, 1.54) is 0 Å². The van der Waals surface area contributed by atoms with E-state index in [1.807, 2.05) is 0 Å². The van der Waals surface area contributed by atoms with Gasteiger partial charge < -0.3 is 5.32 Å². The maximum absolute atomic E-state index is 10.9. The fourth-order valence-electron chi connectivity index (χ4n) is 0.711. The first-order valence-corrected chi connectivity index (χ1v) is 5.06. The standard InChI is InChI=1S/C5H8Cl2N2OS/c6-3(7)4(10)9-5-8-1-2-11-5/h3,5,8H,1-2H2,(H,9,10). The molecule has 2 N–H and O–H groups in total. The van der Waals surface area contributed by atoms with Crippen LogP contribution in [-0.4, -0.2) is 28.5 Å². The van der Waals surface area contributed by atoms with Gasteiger partial charge in [0.25, 0.3) is 5.91 Å². The number of amides is 1. The molecule has 1 aliphatic rings. The molecule has 1 atom stereocenters. The van der Waals surface area contributed by atoms with E-state index in [-0.39, 0.29) is 11.4 Å². The third-order valence-corrected chi connectivity index (χ3v) is 2.64. The molecule has 1 saturated heterocycles. The number of carbonyl (C=O) groups excluding carboxylic acids is 1. The van der Waals surface area contributed by atoms with Crippen molar-refractivity contribution in [2.75, 3.05) is 12.3 Å². The number of hydrogen-bond acceptors (Lipinski definition) is 3. The molecule has 3 nitrogen and oxygen atoms in total. The summed E-state index contributed by atoms with van der Waals surface area (Å²) in [4.78, 5) is 9.90. The Morgan fingerprint density at radius 3 is 2.91 bits per heavy atom. The number of rotatable bonds is 2. The number of thioether (sulfide) groups is 1. The van der Waals surface area contributed by atoms with Crippen LogP contribution in [0.4, 0.5) is 0 Å². The highest BCUT2D eigenvalue weighted by Crippen LogP contribution is 2.11. The Balaban J connectivity index is 2.24. The van der Waals surface area contributed by atoms with Crippen LogP contribution in [-0.2, 0) is 4.79 Å². The van der Waals surface area contributed by atoms with Crippen LogP contribution in [0.2, 0.25) is 0 Å². The third kappa shape index (κ3) is 3.07. The van der Waals surface area contributed by atoms with Gasteiger partial charge in [-0.05, 0) is 0 Å². The molecule has 0 aromatic rings. The van der Waals surface area contributed by atoms with Gasteiger partial charge in [0.15, 0.2) is 4.84 Å². The van der Waals surface area contributed by atoms with Crippen LogP contribution >= 0.6 is 35.0 Å². The molecule has 6 heteroatoms. The predicted molar refractivity (Wildman–Crippen MR) is 47.9 cm³/mol. The second-order valence-electron chi connectivity index (χ2n) is 2.01. The Kier molecular flexibility index (Phi) is 3.78. The van der Waals surface area contributed by atoms with E-state index in [0.717, 1.165) is 12.3 Å². The van der Waals surface area contributed by atoms with Gasteiger partial charge in [0.05, 0.1) is 0 Å². The van der Waals surface area contributed by atoms with Gasteiger partial charge in [0.1, 0.15) is 5.50 Å². The number of nitrogens with one attached hydrogen (secondary N) is 2. The molecule has 1 aliphatic heterocycles. The molecule has 1 rings (SSSR count). The summed E-state index contributed by atoms with van der Waals surface area (Å²) < 4.78 is 0. The van der Waals surface area contributed by atoms with Crippen LogP contribution in [0.15, 0.2) is 0 Å². The van der Waals surface area contributed by atoms with Crippen molar-refractivity contribution < 1.29 is 4.79 Å². The van der Waals surface area contributed by atoms with Crippen molar-refractivity contribution in [1.29, 1.82) is 0 Å². The average molecular weight is 215 g/mol. The zero-order chi connectivity index (χ0) is 8.27. The molecule has 1 heterocycles. The minimum atomic E-state index is -0.974. The van der Waals surface area contributed by atoms with E-state index in [9.17, 15) is 4.79 Å². The van der Waals surface area contributed by atoms with Crippen molar-refractivity contribution in [3.05, 3.63) is 0 Å². The smallest absolute Gasteiger partial charge is 0.255 e. The monoisotopic (exact) mass is 214 g/mol. The first-order valence-electron chi connectivity index (χ1n) is 3.13. The van der Waals surface area contributed by atoms with Gasteiger partial charge in [0, 0.05) is 12.3 Å². The Morgan fingerprint density at radius 2 is 2.45 bits per heavy atom. The summed E-state index contributed by atoms with van der Waals surface area (Å²) in [6.07, 6.45) is 0. The fourth-order valence-corrected chi connectivity index (χ4v) is 1.74. The third-order valence-electron chi connectivity index (χ3n) is 1.19. The molecule has 0 aromatic heterocycles. The molecule has 0 spiro atoms. The molecule has 1 fully saturated rings. The van der Waals surface area contributed by atoms with Gasteiger partial charge >= 0.3 is 0 Å². The lowest BCUT2D eigenvalue weighted by Crippen LogP contribution is -2.41. The quantitative estimate of drug-likeness (QED) is 0.660. The Labute approximate surface area is 79.2 Å². The SMILES string of the molecule is O=C(NC1NCCS1)C(Cl)Cl. The Morgan fingerprint density at radius 1 is 1.73 bits per heavy atom. The van der Waals surface area contributed by atoms with Gasteiger partial charge in [0.2, 0.25) is 0 Å². The van der Waals surface area contributed by atoms with E-state index in [2.05, 4.69) is 10.6 Å². The van der Waals surface area contributed by atoms with Gasteiger partial charge in [-0.2, -0.15) is 0 Å². The van der Waals surface area contributed by atoms with Crippen LogP contribution in [0, 0.1) is 0 Å². The molecular formula is C5H8Cl2N2OS. The average Bonchev–Trinajstić information content (AvgIpc) is 2.39. The highest BCUT2D eigenvalue weighted by atomic mass is 35.5. The maximum Gasteiger partial charge on any atom is 0.255 e. The van der Waals surface area contributed by atoms with Crippen LogP contribution in [0.25, 0.3) is 0 Å². The predicted octanol–water partition coefficient (Wildman–Crippen LogP) is 0.526. The molecule has 1 amide bonds. The lowest BCUT2D eigenvalue weighted by molar-refractivity contribution is -0.119. The second-order valence-corrected chi connectivity index (χ2v) is 4.32. The summed E-state index contributed by atoms with van der Waals surface area (Å²) in [6, 6.07) is 0. The Hall–Kier alpha value is 0.360. The summed E-state index contributed by atoms with van der Waals surface area (Å²) in [5.74, 6) is 0.653.